The summed E-state index contributed by atoms with van der Waals surface area (Å²) in [4.78, 5) is 29.6. The first-order valence-corrected chi connectivity index (χ1v) is 6.57. The quantitative estimate of drug-likeness (QED) is 0.221. The maximum absolute atomic E-state index is 9.97. The standard InChI is InChI=1S/C6H10O4S.C6H8O2.Na/c7-5(8)1-3-11-4-2-6(9)10;1-2-3-4-5-6(7)8;/h1-4H2,(H,7,8)(H,9,10);2-5H,1H3,(H,7,8);/q;;+1/p-1. The van der Waals surface area contributed by atoms with Crippen LogP contribution < -0.4 is 34.7 Å². The normalized spacial score (nSPS) is 9.65. The van der Waals surface area contributed by atoms with E-state index in [9.17, 15) is 19.5 Å². The van der Waals surface area contributed by atoms with Gasteiger partial charge < -0.3 is 20.1 Å². The summed E-state index contributed by atoms with van der Waals surface area (Å²) in [5.41, 5.74) is 0. The number of aliphatic carboxylic acids is 3. The minimum Gasteiger partial charge on any atom is -0.545 e. The zero-order valence-corrected chi connectivity index (χ0v) is 14.4. The summed E-state index contributed by atoms with van der Waals surface area (Å²) in [6, 6.07) is 0. The topological polar surface area (TPSA) is 115 Å². The number of carbonyl (C=O) groups is 3. The van der Waals surface area contributed by atoms with Gasteiger partial charge in [0.05, 0.1) is 18.8 Å². The van der Waals surface area contributed by atoms with E-state index in [-0.39, 0.29) is 42.4 Å². The molecule has 0 aromatic carbocycles. The van der Waals surface area contributed by atoms with E-state index in [2.05, 4.69) is 0 Å². The largest absolute Gasteiger partial charge is 1.00 e. The van der Waals surface area contributed by atoms with E-state index in [1.807, 2.05) is 0 Å². The first-order valence-electron chi connectivity index (χ1n) is 5.41. The molecule has 0 aliphatic carbocycles. The van der Waals surface area contributed by atoms with E-state index in [0.717, 1.165) is 6.08 Å². The molecule has 0 saturated carbocycles. The Morgan fingerprint density at radius 3 is 1.80 bits per heavy atom. The summed E-state index contributed by atoms with van der Waals surface area (Å²) in [5, 5.41) is 26.0. The van der Waals surface area contributed by atoms with Gasteiger partial charge in [0.1, 0.15) is 0 Å². The third kappa shape index (κ3) is 30.3. The van der Waals surface area contributed by atoms with Crippen molar-refractivity contribution in [3.8, 4) is 0 Å². The molecule has 0 amide bonds. The van der Waals surface area contributed by atoms with Crippen LogP contribution in [0.25, 0.3) is 0 Å². The second kappa shape index (κ2) is 18.2. The van der Waals surface area contributed by atoms with Crippen molar-refractivity contribution in [2.45, 2.75) is 19.8 Å². The van der Waals surface area contributed by atoms with Gasteiger partial charge in [0.25, 0.3) is 0 Å². The van der Waals surface area contributed by atoms with Crippen molar-refractivity contribution in [1.29, 1.82) is 0 Å². The molecule has 0 spiro atoms. The van der Waals surface area contributed by atoms with Crippen LogP contribution in [0.2, 0.25) is 0 Å². The van der Waals surface area contributed by atoms with Gasteiger partial charge in [0.15, 0.2) is 0 Å². The molecule has 20 heavy (non-hydrogen) atoms. The molecule has 0 radical (unpaired) electrons. The molecule has 2 N–H and O–H groups in total. The number of carboxylic acid groups (broad SMARTS) is 3. The monoisotopic (exact) mass is 312 g/mol. The van der Waals surface area contributed by atoms with Gasteiger partial charge in [-0.1, -0.05) is 18.2 Å². The molecular weight excluding hydrogens is 295 g/mol. The Balaban J connectivity index is -0.000000288. The number of carbonyl (C=O) groups excluding carboxylic acids is 1. The number of thioether (sulfide) groups is 1. The number of hydrogen-bond acceptors (Lipinski definition) is 5. The molecule has 0 aromatic heterocycles. The molecular formula is C12H17NaO6S. The Kier molecular flexibility index (Phi) is 22.1. The number of carboxylic acids is 3. The van der Waals surface area contributed by atoms with E-state index in [0.29, 0.717) is 11.5 Å². The molecule has 0 aliphatic heterocycles. The second-order valence-electron chi connectivity index (χ2n) is 3.10. The molecule has 0 rings (SSSR count). The van der Waals surface area contributed by atoms with Crippen LogP contribution >= 0.6 is 11.8 Å². The Hall–Kier alpha value is -0.760. The molecule has 6 nitrogen and oxygen atoms in total. The Bertz CT molecular complexity index is 325. The van der Waals surface area contributed by atoms with Crippen molar-refractivity contribution in [1.82, 2.24) is 0 Å². The minimum atomic E-state index is -1.16. The fourth-order valence-corrected chi connectivity index (χ4v) is 1.51. The fraction of sp³-hybridized carbons (Fsp3) is 0.417. The van der Waals surface area contributed by atoms with Crippen LogP contribution in [0.1, 0.15) is 19.8 Å². The summed E-state index contributed by atoms with van der Waals surface area (Å²) >= 11 is 1.35. The maximum atomic E-state index is 9.97. The molecule has 0 atom stereocenters. The SMILES string of the molecule is CC=CC=CC(=O)[O-].O=C(O)CCSCCC(=O)O.[Na+]. The molecule has 0 unspecified atom stereocenters. The zero-order chi connectivity index (χ0) is 15.1. The van der Waals surface area contributed by atoms with Crippen molar-refractivity contribution < 1.29 is 59.3 Å². The summed E-state index contributed by atoms with van der Waals surface area (Å²) in [7, 11) is 0. The van der Waals surface area contributed by atoms with Crippen molar-refractivity contribution >= 4 is 29.7 Å². The van der Waals surface area contributed by atoms with Crippen LogP contribution in [0, 0.1) is 0 Å². The molecule has 8 heteroatoms. The molecule has 0 heterocycles. The first kappa shape index (κ1) is 24.3. The predicted molar refractivity (Wildman–Crippen MR) is 70.8 cm³/mol. The van der Waals surface area contributed by atoms with Crippen molar-refractivity contribution in [2.75, 3.05) is 11.5 Å². The maximum Gasteiger partial charge on any atom is 1.00 e. The van der Waals surface area contributed by atoms with E-state index in [1.165, 1.54) is 17.8 Å². The molecule has 108 valence electrons. The molecule has 0 bridgehead atoms. The van der Waals surface area contributed by atoms with Crippen LogP contribution in [0.5, 0.6) is 0 Å². The predicted octanol–water partition coefficient (Wildman–Crippen LogP) is -2.46. The average Bonchev–Trinajstić information content (AvgIpc) is 2.28. The molecule has 0 saturated heterocycles. The smallest absolute Gasteiger partial charge is 0.545 e. The Morgan fingerprint density at radius 2 is 1.50 bits per heavy atom. The van der Waals surface area contributed by atoms with Crippen LogP contribution in [-0.4, -0.2) is 39.6 Å². The second-order valence-corrected chi connectivity index (χ2v) is 4.33. The number of rotatable bonds is 8. The third-order valence-electron chi connectivity index (χ3n) is 1.46. The van der Waals surface area contributed by atoms with Crippen LogP contribution in [-0.2, 0) is 14.4 Å². The van der Waals surface area contributed by atoms with Crippen molar-refractivity contribution in [3.63, 3.8) is 0 Å². The summed E-state index contributed by atoms with van der Waals surface area (Å²) in [5.74, 6) is -1.87. The van der Waals surface area contributed by atoms with Gasteiger partial charge in [-0.05, 0) is 13.0 Å². The minimum absolute atomic E-state index is 0. The van der Waals surface area contributed by atoms with Gasteiger partial charge in [-0.15, -0.1) is 0 Å². The Morgan fingerprint density at radius 1 is 1.05 bits per heavy atom. The van der Waals surface area contributed by atoms with Crippen LogP contribution in [0.3, 0.4) is 0 Å². The van der Waals surface area contributed by atoms with Gasteiger partial charge in [-0.25, -0.2) is 0 Å². The van der Waals surface area contributed by atoms with Crippen molar-refractivity contribution in [2.24, 2.45) is 0 Å². The fourth-order valence-electron chi connectivity index (χ4n) is 0.666. The average molecular weight is 312 g/mol. The molecule has 0 fully saturated rings. The van der Waals surface area contributed by atoms with E-state index >= 15 is 0 Å². The summed E-state index contributed by atoms with van der Waals surface area (Å²) in [6.45, 7) is 1.81. The van der Waals surface area contributed by atoms with E-state index < -0.39 is 17.9 Å². The summed E-state index contributed by atoms with van der Waals surface area (Å²) in [6.07, 6.45) is 5.94. The third-order valence-corrected chi connectivity index (χ3v) is 2.44. The van der Waals surface area contributed by atoms with Gasteiger partial charge in [0, 0.05) is 11.5 Å². The zero-order valence-electron chi connectivity index (χ0n) is 11.6. The van der Waals surface area contributed by atoms with Gasteiger partial charge in [-0.3, -0.25) is 9.59 Å². The molecule has 0 aliphatic rings. The van der Waals surface area contributed by atoms with Crippen molar-refractivity contribution in [3.05, 3.63) is 24.3 Å². The summed E-state index contributed by atoms with van der Waals surface area (Å²) < 4.78 is 0. The van der Waals surface area contributed by atoms with Crippen LogP contribution in [0.4, 0.5) is 0 Å². The van der Waals surface area contributed by atoms with Gasteiger partial charge >= 0.3 is 41.5 Å². The number of allylic oxidation sites excluding steroid dienone is 3. The Labute approximate surface area is 144 Å². The van der Waals surface area contributed by atoms with E-state index in [1.54, 1.807) is 19.1 Å². The van der Waals surface area contributed by atoms with Gasteiger partial charge in [0.2, 0.25) is 0 Å². The molecule has 0 aromatic rings. The number of hydrogen-bond donors (Lipinski definition) is 2. The first-order chi connectivity index (χ1) is 8.90. The van der Waals surface area contributed by atoms with Crippen LogP contribution in [0.15, 0.2) is 24.3 Å². The van der Waals surface area contributed by atoms with E-state index in [4.69, 9.17) is 10.2 Å². The van der Waals surface area contributed by atoms with Gasteiger partial charge in [-0.2, -0.15) is 11.8 Å².